The van der Waals surface area contributed by atoms with Crippen LogP contribution in [0.1, 0.15) is 20.3 Å². The summed E-state index contributed by atoms with van der Waals surface area (Å²) in [6.07, 6.45) is 7.78. The van der Waals surface area contributed by atoms with E-state index in [-0.39, 0.29) is 11.4 Å². The van der Waals surface area contributed by atoms with E-state index in [1.54, 1.807) is 12.2 Å². The lowest BCUT2D eigenvalue weighted by Gasteiger charge is -2.34. The maximum atomic E-state index is 11.0. The van der Waals surface area contributed by atoms with Crippen molar-refractivity contribution in [1.82, 2.24) is 0 Å². The Morgan fingerprint density at radius 3 is 2.43 bits per heavy atom. The van der Waals surface area contributed by atoms with Crippen LogP contribution >= 0.6 is 0 Å². The highest BCUT2D eigenvalue weighted by Gasteiger charge is 2.31. The zero-order chi connectivity index (χ0) is 10.2. The molecule has 0 aromatic carbocycles. The fraction of sp³-hybridized carbons (Fsp3) is 0.417. The molecule has 0 amide bonds. The molecule has 1 aliphatic heterocycles. The number of carbonyl (C=O) groups excluding carboxylic acids is 1. The molecular weight excluding hydrogens is 176 g/mol. The number of ether oxygens (including phenoxy) is 1. The standard InChI is InChI=1S/C12H14O2/c1-9-7-12(14-8-10(9)2)5-3-11(13)4-6-12/h3-6H,7-8H2,1-2H3. The summed E-state index contributed by atoms with van der Waals surface area (Å²) in [6, 6.07) is 0. The molecule has 0 bridgehead atoms. The molecule has 1 aliphatic carbocycles. The Bertz CT molecular complexity index is 343. The molecule has 0 unspecified atom stereocenters. The van der Waals surface area contributed by atoms with Crippen molar-refractivity contribution in [2.45, 2.75) is 25.9 Å². The van der Waals surface area contributed by atoms with E-state index in [0.717, 1.165) is 6.42 Å². The quantitative estimate of drug-likeness (QED) is 0.547. The Morgan fingerprint density at radius 2 is 1.86 bits per heavy atom. The molecule has 2 heteroatoms. The summed E-state index contributed by atoms with van der Waals surface area (Å²) in [6.45, 7) is 4.87. The Morgan fingerprint density at radius 1 is 1.21 bits per heavy atom. The van der Waals surface area contributed by atoms with Crippen LogP contribution < -0.4 is 0 Å². The highest BCUT2D eigenvalue weighted by Crippen LogP contribution is 2.32. The predicted molar refractivity (Wildman–Crippen MR) is 55.0 cm³/mol. The summed E-state index contributed by atoms with van der Waals surface area (Å²) in [4.78, 5) is 11.0. The van der Waals surface area contributed by atoms with E-state index in [1.165, 1.54) is 11.1 Å². The molecule has 0 N–H and O–H groups in total. The van der Waals surface area contributed by atoms with E-state index < -0.39 is 0 Å². The summed E-state index contributed by atoms with van der Waals surface area (Å²) < 4.78 is 5.75. The average molecular weight is 190 g/mol. The second kappa shape index (κ2) is 3.21. The van der Waals surface area contributed by atoms with Crippen LogP contribution in [-0.4, -0.2) is 18.0 Å². The molecule has 14 heavy (non-hydrogen) atoms. The molecule has 1 spiro atoms. The van der Waals surface area contributed by atoms with Crippen molar-refractivity contribution in [2.75, 3.05) is 6.61 Å². The van der Waals surface area contributed by atoms with Gasteiger partial charge in [0.25, 0.3) is 0 Å². The summed E-state index contributed by atoms with van der Waals surface area (Å²) in [5.41, 5.74) is 2.31. The first-order valence-electron chi connectivity index (χ1n) is 4.83. The van der Waals surface area contributed by atoms with Crippen molar-refractivity contribution in [1.29, 1.82) is 0 Å². The van der Waals surface area contributed by atoms with Crippen molar-refractivity contribution in [3.8, 4) is 0 Å². The van der Waals surface area contributed by atoms with Gasteiger partial charge in [0.15, 0.2) is 5.78 Å². The van der Waals surface area contributed by atoms with E-state index in [0.29, 0.717) is 6.61 Å². The number of ketones is 1. The van der Waals surface area contributed by atoms with Gasteiger partial charge < -0.3 is 4.74 Å². The Labute approximate surface area is 83.9 Å². The number of allylic oxidation sites excluding steroid dienone is 2. The van der Waals surface area contributed by atoms with Crippen molar-refractivity contribution < 1.29 is 9.53 Å². The van der Waals surface area contributed by atoms with Gasteiger partial charge in [-0.1, -0.05) is 5.57 Å². The van der Waals surface area contributed by atoms with Gasteiger partial charge in [0.1, 0.15) is 5.60 Å². The van der Waals surface area contributed by atoms with Crippen LogP contribution in [0.25, 0.3) is 0 Å². The van der Waals surface area contributed by atoms with Crippen LogP contribution in [0.2, 0.25) is 0 Å². The third-order valence-corrected chi connectivity index (χ3v) is 2.89. The normalized spacial score (nSPS) is 24.9. The van der Waals surface area contributed by atoms with Gasteiger partial charge in [-0.05, 0) is 43.7 Å². The zero-order valence-corrected chi connectivity index (χ0v) is 8.54. The lowest BCUT2D eigenvalue weighted by atomic mass is 9.87. The van der Waals surface area contributed by atoms with Gasteiger partial charge in [-0.25, -0.2) is 0 Å². The monoisotopic (exact) mass is 190 g/mol. The minimum absolute atomic E-state index is 0.0446. The molecule has 2 nitrogen and oxygen atoms in total. The molecule has 0 radical (unpaired) electrons. The third kappa shape index (κ3) is 1.58. The average Bonchev–Trinajstić information content (AvgIpc) is 2.18. The van der Waals surface area contributed by atoms with Crippen molar-refractivity contribution >= 4 is 5.78 Å². The summed E-state index contributed by atoms with van der Waals surface area (Å²) in [7, 11) is 0. The summed E-state index contributed by atoms with van der Waals surface area (Å²) >= 11 is 0. The van der Waals surface area contributed by atoms with E-state index in [4.69, 9.17) is 4.74 Å². The van der Waals surface area contributed by atoms with Crippen LogP contribution in [0.3, 0.4) is 0 Å². The fourth-order valence-corrected chi connectivity index (χ4v) is 1.75. The van der Waals surface area contributed by atoms with E-state index in [9.17, 15) is 4.79 Å². The first-order chi connectivity index (χ1) is 6.61. The minimum Gasteiger partial charge on any atom is -0.362 e. The molecular formula is C12H14O2. The predicted octanol–water partition coefficient (Wildman–Crippen LogP) is 2.18. The maximum Gasteiger partial charge on any atom is 0.178 e. The Balaban J connectivity index is 2.25. The maximum absolute atomic E-state index is 11.0. The van der Waals surface area contributed by atoms with Crippen LogP contribution in [0.4, 0.5) is 0 Å². The highest BCUT2D eigenvalue weighted by atomic mass is 16.5. The SMILES string of the molecule is CC1=C(C)CC2(C=CC(=O)C=C2)OC1. The van der Waals surface area contributed by atoms with Crippen molar-refractivity contribution in [3.63, 3.8) is 0 Å². The minimum atomic E-state index is -0.350. The van der Waals surface area contributed by atoms with Gasteiger partial charge in [0.2, 0.25) is 0 Å². The summed E-state index contributed by atoms with van der Waals surface area (Å²) in [5.74, 6) is 0.0446. The van der Waals surface area contributed by atoms with Crippen LogP contribution in [-0.2, 0) is 9.53 Å². The molecule has 0 fully saturated rings. The largest absolute Gasteiger partial charge is 0.362 e. The van der Waals surface area contributed by atoms with Gasteiger partial charge in [0.05, 0.1) is 6.61 Å². The van der Waals surface area contributed by atoms with E-state index >= 15 is 0 Å². The summed E-state index contributed by atoms with van der Waals surface area (Å²) in [5, 5.41) is 0. The molecule has 74 valence electrons. The molecule has 0 aromatic rings. The van der Waals surface area contributed by atoms with Gasteiger partial charge >= 0.3 is 0 Å². The highest BCUT2D eigenvalue weighted by molar-refractivity contribution is 6.00. The molecule has 1 heterocycles. The van der Waals surface area contributed by atoms with Gasteiger partial charge in [0, 0.05) is 6.42 Å². The van der Waals surface area contributed by atoms with Crippen molar-refractivity contribution in [3.05, 3.63) is 35.5 Å². The molecule has 2 aliphatic rings. The number of rotatable bonds is 0. The molecule has 2 rings (SSSR count). The lowest BCUT2D eigenvalue weighted by Crippen LogP contribution is -2.34. The first kappa shape index (κ1) is 9.41. The molecule has 0 aromatic heterocycles. The number of hydrogen-bond donors (Lipinski definition) is 0. The van der Waals surface area contributed by atoms with Gasteiger partial charge in [-0.3, -0.25) is 4.79 Å². The second-order valence-electron chi connectivity index (χ2n) is 4.05. The van der Waals surface area contributed by atoms with E-state index in [1.807, 2.05) is 12.2 Å². The van der Waals surface area contributed by atoms with Crippen molar-refractivity contribution in [2.24, 2.45) is 0 Å². The van der Waals surface area contributed by atoms with Crippen LogP contribution in [0, 0.1) is 0 Å². The second-order valence-corrected chi connectivity index (χ2v) is 4.05. The van der Waals surface area contributed by atoms with Gasteiger partial charge in [-0.2, -0.15) is 0 Å². The Kier molecular flexibility index (Phi) is 2.16. The Hall–Kier alpha value is -1.15. The first-order valence-corrected chi connectivity index (χ1v) is 4.83. The zero-order valence-electron chi connectivity index (χ0n) is 8.54. The van der Waals surface area contributed by atoms with Gasteiger partial charge in [-0.15, -0.1) is 0 Å². The lowest BCUT2D eigenvalue weighted by molar-refractivity contribution is -0.110. The third-order valence-electron chi connectivity index (χ3n) is 2.89. The molecule has 0 atom stereocenters. The topological polar surface area (TPSA) is 26.3 Å². The smallest absolute Gasteiger partial charge is 0.178 e. The van der Waals surface area contributed by atoms with E-state index in [2.05, 4.69) is 13.8 Å². The fourth-order valence-electron chi connectivity index (χ4n) is 1.75. The van der Waals surface area contributed by atoms with Crippen LogP contribution in [0.15, 0.2) is 35.5 Å². The molecule has 0 saturated heterocycles. The molecule has 0 saturated carbocycles. The number of carbonyl (C=O) groups is 1. The van der Waals surface area contributed by atoms with Crippen LogP contribution in [0.5, 0.6) is 0 Å². The number of hydrogen-bond acceptors (Lipinski definition) is 2.